The van der Waals surface area contributed by atoms with Crippen LogP contribution in [-0.2, 0) is 4.79 Å². The Bertz CT molecular complexity index is 848. The Hall–Kier alpha value is -0.910. The molecule has 0 aliphatic heterocycles. The van der Waals surface area contributed by atoms with Gasteiger partial charge in [-0.2, -0.15) is 0 Å². The van der Waals surface area contributed by atoms with Gasteiger partial charge in [-0.3, -0.25) is 4.79 Å². The molecular weight excluding hydrogens is 739 g/mol. The fourth-order valence-electron chi connectivity index (χ4n) is 8.84. The first-order valence-electron chi connectivity index (χ1n) is 27.5. The molecule has 60 heavy (non-hydrogen) atoms. The first-order valence-corrected chi connectivity index (χ1v) is 27.5. The number of allylic oxidation sites excluding steroid dienone is 2. The van der Waals surface area contributed by atoms with Crippen molar-refractivity contribution >= 4 is 5.91 Å². The van der Waals surface area contributed by atoms with Crippen LogP contribution in [0.4, 0.5) is 0 Å². The maximum atomic E-state index is 12.6. The predicted octanol–water partition coefficient (Wildman–Crippen LogP) is 16.7. The van der Waals surface area contributed by atoms with Gasteiger partial charge in [0.2, 0.25) is 5.91 Å². The van der Waals surface area contributed by atoms with Gasteiger partial charge >= 0.3 is 0 Å². The van der Waals surface area contributed by atoms with Crippen LogP contribution in [0.15, 0.2) is 12.2 Å². The van der Waals surface area contributed by atoms with Crippen LogP contribution >= 0.6 is 0 Å². The number of hydrogen-bond donors (Lipinski definition) is 4. The minimum Gasteiger partial charge on any atom is -0.394 e. The zero-order valence-electron chi connectivity index (χ0n) is 40.9. The molecule has 4 N–H and O–H groups in total. The SMILES string of the molecule is CCCCCCCCCCCCCC/C=C\CCCCCCCCCCCC(O)C(=O)NC(CO)C(O)CCCCCCCCCCCCCCCCCCCCCCC. The minimum atomic E-state index is -1.07. The molecule has 0 aromatic heterocycles. The molecule has 0 saturated heterocycles. The Balaban J connectivity index is 3.53. The molecule has 0 aliphatic rings. The number of nitrogens with one attached hydrogen (secondary N) is 1. The molecule has 3 unspecified atom stereocenters. The van der Waals surface area contributed by atoms with Gasteiger partial charge in [-0.15, -0.1) is 0 Å². The highest BCUT2D eigenvalue weighted by Crippen LogP contribution is 2.18. The van der Waals surface area contributed by atoms with E-state index in [1.165, 1.54) is 250 Å². The van der Waals surface area contributed by atoms with Crippen LogP contribution in [0.5, 0.6) is 0 Å². The Morgan fingerprint density at radius 3 is 0.917 bits per heavy atom. The number of unbranched alkanes of at least 4 members (excludes halogenated alkanes) is 41. The first kappa shape index (κ1) is 59.1. The smallest absolute Gasteiger partial charge is 0.249 e. The molecule has 0 spiro atoms. The monoisotopic (exact) mass is 848 g/mol. The van der Waals surface area contributed by atoms with Gasteiger partial charge in [-0.1, -0.05) is 283 Å². The van der Waals surface area contributed by atoms with Gasteiger partial charge in [0.15, 0.2) is 0 Å². The summed E-state index contributed by atoms with van der Waals surface area (Å²) in [4.78, 5) is 12.6. The first-order chi connectivity index (χ1) is 29.6. The molecule has 0 aliphatic carbocycles. The van der Waals surface area contributed by atoms with E-state index in [9.17, 15) is 20.1 Å². The third-order valence-electron chi connectivity index (χ3n) is 13.1. The summed E-state index contributed by atoms with van der Waals surface area (Å²) in [5.41, 5.74) is 0. The summed E-state index contributed by atoms with van der Waals surface area (Å²) in [6.07, 6.45) is 62.5. The standard InChI is InChI=1S/C55H109NO4/c1-3-5-7-9-11-13-15-17-19-21-23-25-26-27-28-30-32-34-36-38-40-42-44-46-48-50-54(59)55(60)56-52(51-57)53(58)49-47-45-43-41-39-37-35-33-31-29-24-22-20-18-16-14-12-10-8-6-4-2/h27-28,52-54,57-59H,3-26,29-51H2,1-2H3,(H,56,60)/b28-27-. The molecule has 0 bridgehead atoms. The number of carbonyl (C=O) groups is 1. The molecule has 0 rings (SSSR count). The summed E-state index contributed by atoms with van der Waals surface area (Å²) >= 11 is 0. The lowest BCUT2D eigenvalue weighted by Crippen LogP contribution is -2.49. The van der Waals surface area contributed by atoms with Crippen LogP contribution in [-0.4, -0.2) is 46.1 Å². The van der Waals surface area contributed by atoms with Crippen molar-refractivity contribution < 1.29 is 20.1 Å². The van der Waals surface area contributed by atoms with E-state index in [0.29, 0.717) is 12.8 Å². The molecule has 358 valence electrons. The van der Waals surface area contributed by atoms with Gasteiger partial charge in [0, 0.05) is 0 Å². The maximum Gasteiger partial charge on any atom is 0.249 e. The van der Waals surface area contributed by atoms with Gasteiger partial charge in [0.1, 0.15) is 6.10 Å². The van der Waals surface area contributed by atoms with Crippen molar-refractivity contribution in [3.63, 3.8) is 0 Å². The van der Waals surface area contributed by atoms with E-state index in [1.807, 2.05) is 0 Å². The van der Waals surface area contributed by atoms with Crippen molar-refractivity contribution in [2.75, 3.05) is 6.61 Å². The molecule has 0 heterocycles. The molecule has 0 aromatic rings. The van der Waals surface area contributed by atoms with E-state index in [2.05, 4.69) is 31.3 Å². The maximum absolute atomic E-state index is 12.6. The normalized spacial score (nSPS) is 13.3. The number of amides is 1. The zero-order valence-corrected chi connectivity index (χ0v) is 40.9. The van der Waals surface area contributed by atoms with Crippen molar-refractivity contribution in [1.82, 2.24) is 5.32 Å². The Kier molecular flexibility index (Phi) is 50.0. The molecule has 1 amide bonds. The summed E-state index contributed by atoms with van der Waals surface area (Å²) in [6, 6.07) is -0.711. The largest absolute Gasteiger partial charge is 0.394 e. The van der Waals surface area contributed by atoms with Crippen molar-refractivity contribution in [1.29, 1.82) is 0 Å². The number of aliphatic hydroxyl groups excluding tert-OH is 3. The Morgan fingerprint density at radius 2 is 0.633 bits per heavy atom. The quantitative estimate of drug-likeness (QED) is 0.0363. The van der Waals surface area contributed by atoms with Crippen LogP contribution in [0.1, 0.15) is 309 Å². The van der Waals surface area contributed by atoms with Crippen molar-refractivity contribution in [3.8, 4) is 0 Å². The highest BCUT2D eigenvalue weighted by molar-refractivity contribution is 5.80. The van der Waals surface area contributed by atoms with Crippen molar-refractivity contribution in [2.45, 2.75) is 327 Å². The average Bonchev–Trinajstić information content (AvgIpc) is 3.25. The Labute approximate surface area is 376 Å². The fourth-order valence-corrected chi connectivity index (χ4v) is 8.84. The molecule has 0 aromatic carbocycles. The second kappa shape index (κ2) is 50.7. The molecule has 0 radical (unpaired) electrons. The van der Waals surface area contributed by atoms with Crippen molar-refractivity contribution in [2.24, 2.45) is 0 Å². The summed E-state index contributed by atoms with van der Waals surface area (Å²) in [7, 11) is 0. The fraction of sp³-hybridized carbons (Fsp3) is 0.945. The predicted molar refractivity (Wildman–Crippen MR) is 264 cm³/mol. The van der Waals surface area contributed by atoms with Crippen LogP contribution in [0.25, 0.3) is 0 Å². The van der Waals surface area contributed by atoms with Crippen LogP contribution in [0, 0.1) is 0 Å². The molecular formula is C55H109NO4. The molecule has 5 nitrogen and oxygen atoms in total. The van der Waals surface area contributed by atoms with E-state index in [0.717, 1.165) is 32.1 Å². The lowest BCUT2D eigenvalue weighted by Gasteiger charge is -2.23. The lowest BCUT2D eigenvalue weighted by atomic mass is 10.0. The molecule has 5 heteroatoms. The van der Waals surface area contributed by atoms with Gasteiger partial charge in [-0.25, -0.2) is 0 Å². The number of carbonyl (C=O) groups excluding carboxylic acids is 1. The van der Waals surface area contributed by atoms with E-state index < -0.39 is 24.2 Å². The second-order valence-corrected chi connectivity index (χ2v) is 19.1. The zero-order chi connectivity index (χ0) is 43.7. The Morgan fingerprint density at radius 1 is 0.383 bits per heavy atom. The molecule has 0 saturated carbocycles. The highest BCUT2D eigenvalue weighted by Gasteiger charge is 2.23. The second-order valence-electron chi connectivity index (χ2n) is 19.1. The van der Waals surface area contributed by atoms with Crippen LogP contribution in [0.2, 0.25) is 0 Å². The van der Waals surface area contributed by atoms with Gasteiger partial charge in [0.05, 0.1) is 18.8 Å². The summed E-state index contributed by atoms with van der Waals surface area (Å²) < 4.78 is 0. The molecule has 3 atom stereocenters. The summed E-state index contributed by atoms with van der Waals surface area (Å²) in [6.45, 7) is 4.27. The highest BCUT2D eigenvalue weighted by atomic mass is 16.3. The summed E-state index contributed by atoms with van der Waals surface area (Å²) in [5, 5.41) is 33.5. The minimum absolute atomic E-state index is 0.310. The van der Waals surface area contributed by atoms with E-state index in [1.54, 1.807) is 0 Å². The van der Waals surface area contributed by atoms with Crippen LogP contribution in [0.3, 0.4) is 0 Å². The van der Waals surface area contributed by atoms with Gasteiger partial charge in [0.25, 0.3) is 0 Å². The number of aliphatic hydroxyl groups is 3. The third kappa shape index (κ3) is 45.1. The third-order valence-corrected chi connectivity index (χ3v) is 13.1. The van der Waals surface area contributed by atoms with E-state index in [-0.39, 0.29) is 6.61 Å². The topological polar surface area (TPSA) is 89.8 Å². The van der Waals surface area contributed by atoms with Gasteiger partial charge in [-0.05, 0) is 38.5 Å². The van der Waals surface area contributed by atoms with Crippen LogP contribution < -0.4 is 5.32 Å². The van der Waals surface area contributed by atoms with Crippen molar-refractivity contribution in [3.05, 3.63) is 12.2 Å². The van der Waals surface area contributed by atoms with E-state index in [4.69, 9.17) is 0 Å². The number of hydrogen-bond acceptors (Lipinski definition) is 4. The molecule has 0 fully saturated rings. The lowest BCUT2D eigenvalue weighted by molar-refractivity contribution is -0.131. The number of rotatable bonds is 51. The van der Waals surface area contributed by atoms with E-state index >= 15 is 0 Å². The van der Waals surface area contributed by atoms with Gasteiger partial charge < -0.3 is 20.6 Å². The average molecular weight is 848 g/mol. The summed E-state index contributed by atoms with van der Waals surface area (Å²) in [5.74, 6) is -0.467.